The molecule has 0 saturated carbocycles. The number of sulfonamides is 1. The monoisotopic (exact) mass is 410 g/mol. The van der Waals surface area contributed by atoms with Crippen LogP contribution in [0.4, 0.5) is 11.4 Å². The minimum absolute atomic E-state index is 0.0587. The summed E-state index contributed by atoms with van der Waals surface area (Å²) in [5, 5.41) is 11.8. The van der Waals surface area contributed by atoms with E-state index in [1.807, 2.05) is 6.92 Å². The van der Waals surface area contributed by atoms with Crippen molar-refractivity contribution < 1.29 is 23.1 Å². The van der Waals surface area contributed by atoms with Gasteiger partial charge in [0.15, 0.2) is 0 Å². The van der Waals surface area contributed by atoms with Crippen LogP contribution in [0.15, 0.2) is 77.7 Å². The molecule has 7 nitrogen and oxygen atoms in total. The number of nitrogens with one attached hydrogen (secondary N) is 2. The first-order valence-corrected chi connectivity index (χ1v) is 10.1. The molecular weight excluding hydrogens is 392 g/mol. The zero-order valence-electron chi connectivity index (χ0n) is 15.4. The third-order valence-electron chi connectivity index (χ3n) is 4.15. The fourth-order valence-electron chi connectivity index (χ4n) is 2.66. The third kappa shape index (κ3) is 4.61. The number of benzene rings is 3. The second kappa shape index (κ2) is 8.15. The van der Waals surface area contributed by atoms with Crippen molar-refractivity contribution in [3.05, 3.63) is 89.5 Å². The van der Waals surface area contributed by atoms with Gasteiger partial charge in [-0.1, -0.05) is 42.0 Å². The summed E-state index contributed by atoms with van der Waals surface area (Å²) in [6.45, 7) is 1.85. The second-order valence-corrected chi connectivity index (χ2v) is 7.95. The van der Waals surface area contributed by atoms with Crippen molar-refractivity contribution in [1.29, 1.82) is 0 Å². The molecule has 3 rings (SSSR count). The third-order valence-corrected chi connectivity index (χ3v) is 5.53. The molecule has 0 bridgehead atoms. The van der Waals surface area contributed by atoms with Gasteiger partial charge in [0.25, 0.3) is 15.9 Å². The summed E-state index contributed by atoms with van der Waals surface area (Å²) in [4.78, 5) is 24.1. The van der Waals surface area contributed by atoms with E-state index in [0.29, 0.717) is 0 Å². The maximum Gasteiger partial charge on any atom is 0.337 e. The van der Waals surface area contributed by atoms with Crippen LogP contribution < -0.4 is 10.0 Å². The lowest BCUT2D eigenvalue weighted by molar-refractivity contribution is 0.0698. The van der Waals surface area contributed by atoms with Crippen molar-refractivity contribution in [2.45, 2.75) is 11.8 Å². The Hall–Kier alpha value is -3.65. The number of carboxylic acid groups (broad SMARTS) is 1. The molecule has 8 heteroatoms. The van der Waals surface area contributed by atoms with Gasteiger partial charge < -0.3 is 10.4 Å². The molecule has 3 aromatic carbocycles. The minimum atomic E-state index is -3.90. The molecule has 29 heavy (non-hydrogen) atoms. The van der Waals surface area contributed by atoms with Crippen molar-refractivity contribution in [2.24, 2.45) is 0 Å². The van der Waals surface area contributed by atoms with Crippen LogP contribution in [0.2, 0.25) is 0 Å². The Balaban J connectivity index is 1.90. The van der Waals surface area contributed by atoms with Crippen LogP contribution in [0.25, 0.3) is 0 Å². The lowest BCUT2D eigenvalue weighted by Crippen LogP contribution is -2.19. The summed E-state index contributed by atoms with van der Waals surface area (Å²) in [6.07, 6.45) is 0. The molecule has 0 heterocycles. The highest BCUT2D eigenvalue weighted by Gasteiger charge is 2.20. The van der Waals surface area contributed by atoms with Gasteiger partial charge >= 0.3 is 5.97 Å². The van der Waals surface area contributed by atoms with Gasteiger partial charge in [0, 0.05) is 0 Å². The topological polar surface area (TPSA) is 113 Å². The number of carboxylic acids is 1. The fourth-order valence-corrected chi connectivity index (χ4v) is 3.74. The number of hydrogen-bond acceptors (Lipinski definition) is 4. The van der Waals surface area contributed by atoms with Gasteiger partial charge in [-0.05, 0) is 43.3 Å². The van der Waals surface area contributed by atoms with E-state index in [2.05, 4.69) is 10.0 Å². The van der Waals surface area contributed by atoms with E-state index in [0.717, 1.165) is 5.56 Å². The Labute approximate surface area is 168 Å². The zero-order valence-corrected chi connectivity index (χ0v) is 16.2. The predicted octanol–water partition coefficient (Wildman–Crippen LogP) is 3.75. The van der Waals surface area contributed by atoms with Crippen LogP contribution in [-0.2, 0) is 10.0 Å². The highest BCUT2D eigenvalue weighted by Crippen LogP contribution is 2.23. The van der Waals surface area contributed by atoms with Crippen molar-refractivity contribution in [3.63, 3.8) is 0 Å². The molecule has 0 aromatic heterocycles. The molecule has 0 atom stereocenters. The van der Waals surface area contributed by atoms with Crippen LogP contribution in [0.5, 0.6) is 0 Å². The molecule has 0 aliphatic heterocycles. The number of para-hydroxylation sites is 2. The fraction of sp³-hybridized carbons (Fsp3) is 0.0476. The molecule has 0 radical (unpaired) electrons. The van der Waals surface area contributed by atoms with Gasteiger partial charge in [0.2, 0.25) is 0 Å². The number of aryl methyl sites for hydroxylation is 1. The van der Waals surface area contributed by atoms with Crippen LogP contribution in [0, 0.1) is 6.92 Å². The van der Waals surface area contributed by atoms with E-state index in [4.69, 9.17) is 0 Å². The number of hydrogen-bond donors (Lipinski definition) is 3. The molecule has 0 spiro atoms. The van der Waals surface area contributed by atoms with Crippen LogP contribution >= 0.6 is 0 Å². The second-order valence-electron chi connectivity index (χ2n) is 6.27. The number of anilines is 2. The molecule has 0 aliphatic carbocycles. The lowest BCUT2D eigenvalue weighted by atomic mass is 10.1. The summed E-state index contributed by atoms with van der Waals surface area (Å²) in [7, 11) is -3.90. The van der Waals surface area contributed by atoms with E-state index in [-0.39, 0.29) is 27.4 Å². The molecule has 148 valence electrons. The van der Waals surface area contributed by atoms with Gasteiger partial charge in [0.05, 0.1) is 27.4 Å². The number of carbonyl (C=O) groups excluding carboxylic acids is 1. The minimum Gasteiger partial charge on any atom is -0.478 e. The normalized spacial score (nSPS) is 10.9. The van der Waals surface area contributed by atoms with E-state index >= 15 is 0 Å². The van der Waals surface area contributed by atoms with E-state index < -0.39 is 21.9 Å². The van der Waals surface area contributed by atoms with Crippen LogP contribution in [0.3, 0.4) is 0 Å². The average molecular weight is 410 g/mol. The Morgan fingerprint density at radius 1 is 0.793 bits per heavy atom. The Morgan fingerprint density at radius 3 is 1.97 bits per heavy atom. The summed E-state index contributed by atoms with van der Waals surface area (Å²) in [5.41, 5.74) is 1.10. The molecule has 1 amide bonds. The molecule has 0 saturated heterocycles. The van der Waals surface area contributed by atoms with Crippen LogP contribution in [-0.4, -0.2) is 25.4 Å². The number of rotatable bonds is 6. The molecule has 0 aliphatic rings. The maximum atomic E-state index is 12.7. The SMILES string of the molecule is Cc1ccc(S(=O)(=O)Nc2ccccc2C(=O)Nc2ccccc2C(=O)O)cc1. The highest BCUT2D eigenvalue weighted by atomic mass is 32.2. The Kier molecular flexibility index (Phi) is 5.65. The van der Waals surface area contributed by atoms with E-state index in [1.54, 1.807) is 36.4 Å². The lowest BCUT2D eigenvalue weighted by Gasteiger charge is -2.14. The first-order chi connectivity index (χ1) is 13.8. The summed E-state index contributed by atoms with van der Waals surface area (Å²) < 4.78 is 27.8. The molecule has 3 N–H and O–H groups in total. The van der Waals surface area contributed by atoms with Crippen LogP contribution in [0.1, 0.15) is 26.3 Å². The molecular formula is C21H18N2O5S. The van der Waals surface area contributed by atoms with Crippen molar-refractivity contribution in [3.8, 4) is 0 Å². The number of amides is 1. The van der Waals surface area contributed by atoms with Crippen molar-refractivity contribution in [2.75, 3.05) is 10.0 Å². The predicted molar refractivity (Wildman–Crippen MR) is 110 cm³/mol. The van der Waals surface area contributed by atoms with Gasteiger partial charge in [-0.3, -0.25) is 9.52 Å². The highest BCUT2D eigenvalue weighted by molar-refractivity contribution is 7.92. The zero-order chi connectivity index (χ0) is 21.0. The largest absolute Gasteiger partial charge is 0.478 e. The first kappa shape index (κ1) is 20.1. The van der Waals surface area contributed by atoms with Gasteiger partial charge in [-0.15, -0.1) is 0 Å². The number of carbonyl (C=O) groups is 2. The quantitative estimate of drug-likeness (QED) is 0.573. The van der Waals surface area contributed by atoms with E-state index in [9.17, 15) is 23.1 Å². The summed E-state index contributed by atoms with van der Waals surface area (Å²) in [5.74, 6) is -1.82. The Morgan fingerprint density at radius 2 is 1.34 bits per heavy atom. The van der Waals surface area contributed by atoms with Crippen molar-refractivity contribution in [1.82, 2.24) is 0 Å². The average Bonchev–Trinajstić information content (AvgIpc) is 2.68. The molecule has 0 unspecified atom stereocenters. The standard InChI is InChI=1S/C21H18N2O5S/c1-14-10-12-15(13-11-14)29(27,28)23-19-9-5-2-6-16(19)20(24)22-18-8-4-3-7-17(18)21(25)26/h2-13,23H,1H3,(H,22,24)(H,25,26). The number of aromatic carboxylic acids is 1. The van der Waals surface area contributed by atoms with E-state index in [1.165, 1.54) is 36.4 Å². The maximum absolute atomic E-state index is 12.7. The van der Waals surface area contributed by atoms with Crippen molar-refractivity contribution >= 4 is 33.3 Å². The van der Waals surface area contributed by atoms with Gasteiger partial charge in [0.1, 0.15) is 0 Å². The first-order valence-electron chi connectivity index (χ1n) is 8.60. The van der Waals surface area contributed by atoms with Gasteiger partial charge in [-0.2, -0.15) is 0 Å². The van der Waals surface area contributed by atoms with Gasteiger partial charge in [-0.25, -0.2) is 13.2 Å². The summed E-state index contributed by atoms with van der Waals surface area (Å²) in [6, 6.07) is 18.4. The Bertz CT molecular complexity index is 1170. The molecule has 0 fully saturated rings. The smallest absolute Gasteiger partial charge is 0.337 e. The summed E-state index contributed by atoms with van der Waals surface area (Å²) >= 11 is 0. The molecule has 3 aromatic rings.